The number of aliphatic imine (C=N–C) groups is 1. The van der Waals surface area contributed by atoms with Crippen molar-refractivity contribution in [1.29, 1.82) is 0 Å². The van der Waals surface area contributed by atoms with E-state index in [1.54, 1.807) is 0 Å². The fourth-order valence-corrected chi connectivity index (χ4v) is 1.12. The Balaban J connectivity index is 2.49. The molecule has 0 spiro atoms. The van der Waals surface area contributed by atoms with Crippen LogP contribution in [0.3, 0.4) is 0 Å². The summed E-state index contributed by atoms with van der Waals surface area (Å²) in [5.41, 5.74) is 3.88. The highest BCUT2D eigenvalue weighted by Crippen LogP contribution is 2.13. The summed E-state index contributed by atoms with van der Waals surface area (Å²) >= 11 is 0. The minimum atomic E-state index is 0.676. The molecule has 2 rings (SSSR count). The van der Waals surface area contributed by atoms with Crippen molar-refractivity contribution in [2.45, 2.75) is 13.3 Å². The van der Waals surface area contributed by atoms with Gasteiger partial charge in [0, 0.05) is 6.92 Å². The predicted octanol–water partition coefficient (Wildman–Crippen LogP) is 2.32. The molecule has 0 unspecified atom stereocenters. The Morgan fingerprint density at radius 1 is 1.42 bits per heavy atom. The Kier molecular flexibility index (Phi) is 1.69. The van der Waals surface area contributed by atoms with E-state index in [2.05, 4.69) is 16.8 Å². The van der Waals surface area contributed by atoms with Gasteiger partial charge in [-0.1, -0.05) is 12.2 Å². The maximum absolute atomic E-state index is 5.31. The Bertz CT molecular complexity index is 352. The number of hydrogen-bond acceptors (Lipinski definition) is 2. The molecule has 0 aromatic heterocycles. The molecule has 0 fully saturated rings. The van der Waals surface area contributed by atoms with Gasteiger partial charge < -0.3 is 4.74 Å². The average molecular weight is 159 g/mol. The van der Waals surface area contributed by atoms with E-state index in [1.165, 1.54) is 0 Å². The van der Waals surface area contributed by atoms with Crippen LogP contribution in [0.4, 0.5) is 0 Å². The molecule has 0 saturated heterocycles. The van der Waals surface area contributed by atoms with Gasteiger partial charge in [-0.25, -0.2) is 4.99 Å². The summed E-state index contributed by atoms with van der Waals surface area (Å²) in [4.78, 5) is 4.16. The summed E-state index contributed by atoms with van der Waals surface area (Å²) in [5.74, 6) is 1.43. The second kappa shape index (κ2) is 2.84. The second-order valence-electron chi connectivity index (χ2n) is 2.65. The first-order valence-electron chi connectivity index (χ1n) is 3.92. The zero-order valence-electron chi connectivity index (χ0n) is 6.87. The van der Waals surface area contributed by atoms with Crippen LogP contribution in [-0.2, 0) is 4.74 Å². The highest BCUT2D eigenvalue weighted by atomic mass is 16.5. The first-order chi connectivity index (χ1) is 5.84. The lowest BCUT2D eigenvalue weighted by Gasteiger charge is -2.08. The molecule has 2 bridgehead atoms. The minimum absolute atomic E-state index is 0.676. The van der Waals surface area contributed by atoms with E-state index < -0.39 is 0 Å². The summed E-state index contributed by atoms with van der Waals surface area (Å²) in [7, 11) is 0. The van der Waals surface area contributed by atoms with Gasteiger partial charge in [-0.3, -0.25) is 0 Å². The van der Waals surface area contributed by atoms with Crippen LogP contribution in [0, 0.1) is 0 Å². The lowest BCUT2D eigenvalue weighted by atomic mass is 10.2. The van der Waals surface area contributed by atoms with E-state index in [-0.39, 0.29) is 0 Å². The topological polar surface area (TPSA) is 21.6 Å². The standard InChI is InChI=1S/C10H9NO/c1-8-11-9-5-3-2-4-6-10(7-9)12-8/h3-6H,2H2,1H3/b5-3-,6-4-. The van der Waals surface area contributed by atoms with Crippen LogP contribution in [0.15, 0.2) is 46.5 Å². The third-order valence-corrected chi connectivity index (χ3v) is 1.60. The normalized spacial score (nSPS) is 25.2. The monoisotopic (exact) mass is 159 g/mol. The van der Waals surface area contributed by atoms with Crippen molar-refractivity contribution in [3.8, 4) is 0 Å². The second-order valence-corrected chi connectivity index (χ2v) is 2.65. The molecule has 2 nitrogen and oxygen atoms in total. The fraction of sp³-hybridized carbons (Fsp3) is 0.200. The molecule has 0 amide bonds. The quantitative estimate of drug-likeness (QED) is 0.497. The van der Waals surface area contributed by atoms with E-state index in [4.69, 9.17) is 4.74 Å². The van der Waals surface area contributed by atoms with Gasteiger partial charge >= 0.3 is 0 Å². The molecule has 0 radical (unpaired) electrons. The van der Waals surface area contributed by atoms with Crippen LogP contribution >= 0.6 is 0 Å². The van der Waals surface area contributed by atoms with E-state index >= 15 is 0 Å². The average Bonchev–Trinajstić information content (AvgIpc) is 2.00. The fourth-order valence-electron chi connectivity index (χ4n) is 1.12. The van der Waals surface area contributed by atoms with Crippen molar-refractivity contribution in [3.63, 3.8) is 0 Å². The highest BCUT2D eigenvalue weighted by Gasteiger charge is 2.04. The first kappa shape index (κ1) is 7.14. The van der Waals surface area contributed by atoms with Gasteiger partial charge in [0.2, 0.25) is 0 Å². The van der Waals surface area contributed by atoms with Gasteiger partial charge in [-0.05, 0) is 24.3 Å². The zero-order valence-corrected chi connectivity index (χ0v) is 6.87. The highest BCUT2D eigenvalue weighted by molar-refractivity contribution is 5.77. The molecule has 1 aliphatic heterocycles. The van der Waals surface area contributed by atoms with Gasteiger partial charge in [0.25, 0.3) is 0 Å². The SMILES string of the molecule is CC1=NC2=C=C(/C=C\C/C=C\2)O1. The molecule has 1 heterocycles. The third kappa shape index (κ3) is 1.39. The molecule has 1 aliphatic carbocycles. The maximum Gasteiger partial charge on any atom is 0.193 e. The van der Waals surface area contributed by atoms with E-state index in [9.17, 15) is 0 Å². The van der Waals surface area contributed by atoms with Crippen LogP contribution in [-0.4, -0.2) is 5.90 Å². The van der Waals surface area contributed by atoms with Crippen LogP contribution in [0.2, 0.25) is 0 Å². The lowest BCUT2D eigenvalue weighted by Crippen LogP contribution is -2.02. The molecule has 0 atom stereocenters. The van der Waals surface area contributed by atoms with Gasteiger partial charge in [0.1, 0.15) is 5.70 Å². The maximum atomic E-state index is 5.31. The van der Waals surface area contributed by atoms with Crippen molar-refractivity contribution in [1.82, 2.24) is 0 Å². The summed E-state index contributed by atoms with van der Waals surface area (Å²) in [6.45, 7) is 1.84. The van der Waals surface area contributed by atoms with Crippen molar-refractivity contribution in [3.05, 3.63) is 41.5 Å². The molecule has 12 heavy (non-hydrogen) atoms. The Morgan fingerprint density at radius 3 is 3.17 bits per heavy atom. The summed E-state index contributed by atoms with van der Waals surface area (Å²) in [6.07, 6.45) is 8.88. The first-order valence-corrected chi connectivity index (χ1v) is 3.92. The molecule has 0 N–H and O–H groups in total. The lowest BCUT2D eigenvalue weighted by molar-refractivity contribution is 0.426. The molecule has 60 valence electrons. The van der Waals surface area contributed by atoms with Gasteiger partial charge in [-0.15, -0.1) is 0 Å². The van der Waals surface area contributed by atoms with Gasteiger partial charge in [-0.2, -0.15) is 0 Å². The van der Waals surface area contributed by atoms with Crippen molar-refractivity contribution >= 4 is 5.90 Å². The third-order valence-electron chi connectivity index (χ3n) is 1.60. The van der Waals surface area contributed by atoms with Crippen LogP contribution < -0.4 is 0 Å². The van der Waals surface area contributed by atoms with Crippen LogP contribution in [0.5, 0.6) is 0 Å². The summed E-state index contributed by atoms with van der Waals surface area (Å²) in [5, 5.41) is 0. The molecular formula is C10H9NO. The number of allylic oxidation sites excluding steroid dienone is 3. The molecule has 0 aromatic carbocycles. The molecule has 0 saturated carbocycles. The van der Waals surface area contributed by atoms with Crippen LogP contribution in [0.1, 0.15) is 13.3 Å². The van der Waals surface area contributed by atoms with Crippen LogP contribution in [0.25, 0.3) is 0 Å². The predicted molar refractivity (Wildman–Crippen MR) is 47.6 cm³/mol. The molecule has 2 heteroatoms. The van der Waals surface area contributed by atoms with E-state index in [0.29, 0.717) is 5.90 Å². The Labute approximate surface area is 71.3 Å². The van der Waals surface area contributed by atoms with E-state index in [1.807, 2.05) is 25.2 Å². The number of ether oxygens (including phenoxy) is 1. The minimum Gasteiger partial charge on any atom is -0.435 e. The van der Waals surface area contributed by atoms with Crippen molar-refractivity contribution in [2.75, 3.05) is 0 Å². The number of rotatable bonds is 0. The Morgan fingerprint density at radius 2 is 2.25 bits per heavy atom. The number of hydrogen-bond donors (Lipinski definition) is 0. The number of nitrogens with zero attached hydrogens (tertiary/aromatic N) is 1. The summed E-state index contributed by atoms with van der Waals surface area (Å²) < 4.78 is 5.31. The molecule has 2 aliphatic rings. The summed E-state index contributed by atoms with van der Waals surface area (Å²) in [6, 6.07) is 0. The Hall–Kier alpha value is -1.53. The smallest absolute Gasteiger partial charge is 0.193 e. The molecule has 0 aromatic rings. The zero-order chi connectivity index (χ0) is 8.39. The largest absolute Gasteiger partial charge is 0.435 e. The van der Waals surface area contributed by atoms with Crippen molar-refractivity contribution < 1.29 is 4.74 Å². The molecular weight excluding hydrogens is 150 g/mol. The van der Waals surface area contributed by atoms with Gasteiger partial charge in [0.15, 0.2) is 11.7 Å². The van der Waals surface area contributed by atoms with Gasteiger partial charge in [0.05, 0.1) is 0 Å². The van der Waals surface area contributed by atoms with E-state index in [0.717, 1.165) is 17.9 Å². The van der Waals surface area contributed by atoms with Crippen molar-refractivity contribution in [2.24, 2.45) is 4.99 Å².